The van der Waals surface area contributed by atoms with Gasteiger partial charge in [-0.1, -0.05) is 69.3 Å². The van der Waals surface area contributed by atoms with Gasteiger partial charge < -0.3 is 20.9 Å². The van der Waals surface area contributed by atoms with E-state index in [0.29, 0.717) is 5.69 Å². The number of carbonyl (C=O) groups excluding carboxylic acids is 4. The first-order valence-electron chi connectivity index (χ1n) is 13.8. The van der Waals surface area contributed by atoms with Crippen molar-refractivity contribution in [1.82, 2.24) is 15.5 Å². The largest absolute Gasteiger partial charge is 0.338 e. The van der Waals surface area contributed by atoms with Gasteiger partial charge in [-0.2, -0.15) is 5.26 Å². The third-order valence-electron chi connectivity index (χ3n) is 8.43. The summed E-state index contributed by atoms with van der Waals surface area (Å²) in [5.41, 5.74) is 0.373. The van der Waals surface area contributed by atoms with E-state index in [-0.39, 0.29) is 30.7 Å². The lowest BCUT2D eigenvalue weighted by Gasteiger charge is -2.43. The summed E-state index contributed by atoms with van der Waals surface area (Å²) >= 11 is 0. The minimum absolute atomic E-state index is 0.0206. The van der Waals surface area contributed by atoms with Crippen LogP contribution in [-0.4, -0.2) is 47.2 Å². The van der Waals surface area contributed by atoms with Gasteiger partial charge in [0.25, 0.3) is 0 Å². The molecule has 1 spiro atoms. The molecule has 2 aromatic carbocycles. The minimum Gasteiger partial charge on any atom is -0.338 e. The Labute approximate surface area is 234 Å². The molecule has 3 atom stereocenters. The summed E-state index contributed by atoms with van der Waals surface area (Å²) in [4.78, 5) is 54.9. The predicted molar refractivity (Wildman–Crippen MR) is 149 cm³/mol. The molecule has 1 saturated carbocycles. The summed E-state index contributed by atoms with van der Waals surface area (Å²) in [6, 6.07) is 17.2. The van der Waals surface area contributed by atoms with Crippen LogP contribution in [-0.2, 0) is 30.1 Å². The standard InChI is InChI=1S/C31H35N5O4/c1-29(2,3)17-24(33-25(37)26(38)35-31(14-9-15-31)20-10-5-4-6-11-20)27(39)36-19-30(16-21(36)18-32)22-12-7-8-13-23(22)34-28(30)40/h4-8,10-13,21,24H,9,14-17,19H2,1-3H3,(H,33,37)(H,34,40)(H,35,38)/t21-,24-,30-/m0/s1. The van der Waals surface area contributed by atoms with Gasteiger partial charge in [0.2, 0.25) is 11.8 Å². The topological polar surface area (TPSA) is 131 Å². The van der Waals surface area contributed by atoms with E-state index in [1.807, 2.05) is 69.3 Å². The van der Waals surface area contributed by atoms with Gasteiger partial charge in [0.15, 0.2) is 0 Å². The van der Waals surface area contributed by atoms with Crippen molar-refractivity contribution >= 4 is 29.3 Å². The fourth-order valence-electron chi connectivity index (χ4n) is 6.27. The highest BCUT2D eigenvalue weighted by atomic mass is 16.2. The maximum absolute atomic E-state index is 14.0. The highest BCUT2D eigenvalue weighted by Crippen LogP contribution is 2.46. The van der Waals surface area contributed by atoms with Crippen molar-refractivity contribution < 1.29 is 19.2 Å². The molecule has 0 bridgehead atoms. The molecule has 0 radical (unpaired) electrons. The first-order chi connectivity index (χ1) is 19.0. The fourth-order valence-corrected chi connectivity index (χ4v) is 6.27. The zero-order valence-electron chi connectivity index (χ0n) is 23.1. The second-order valence-corrected chi connectivity index (χ2v) is 12.4. The van der Waals surface area contributed by atoms with Crippen molar-refractivity contribution in [3.63, 3.8) is 0 Å². The summed E-state index contributed by atoms with van der Waals surface area (Å²) in [6.45, 7) is 5.83. The van der Waals surface area contributed by atoms with Gasteiger partial charge in [-0.05, 0) is 48.3 Å². The van der Waals surface area contributed by atoms with E-state index in [9.17, 15) is 24.4 Å². The van der Waals surface area contributed by atoms with Crippen LogP contribution < -0.4 is 16.0 Å². The fraction of sp³-hybridized carbons (Fsp3) is 0.452. The highest BCUT2D eigenvalue weighted by Gasteiger charge is 2.56. The molecule has 9 heteroatoms. The molecule has 2 heterocycles. The SMILES string of the molecule is CC(C)(C)C[C@H](NC(=O)C(=O)NC1(c2ccccc2)CCC1)C(=O)N1C[C@]2(C[C@H]1C#N)C(=O)Nc1ccccc12. The second kappa shape index (κ2) is 10.1. The predicted octanol–water partition coefficient (Wildman–Crippen LogP) is 3.12. The summed E-state index contributed by atoms with van der Waals surface area (Å²) in [6.07, 6.45) is 2.80. The number of carbonyl (C=O) groups is 4. The van der Waals surface area contributed by atoms with Crippen molar-refractivity contribution in [3.8, 4) is 6.07 Å². The maximum atomic E-state index is 14.0. The lowest BCUT2D eigenvalue weighted by molar-refractivity contribution is -0.144. The number of amides is 4. The van der Waals surface area contributed by atoms with Crippen molar-refractivity contribution in [3.05, 3.63) is 65.7 Å². The second-order valence-electron chi connectivity index (χ2n) is 12.4. The van der Waals surface area contributed by atoms with Crippen LogP contribution in [0.5, 0.6) is 0 Å². The molecule has 1 saturated heterocycles. The molecule has 0 aromatic heterocycles. The monoisotopic (exact) mass is 541 g/mol. The molecule has 9 nitrogen and oxygen atoms in total. The number of hydrogen-bond acceptors (Lipinski definition) is 5. The lowest BCUT2D eigenvalue weighted by atomic mass is 9.72. The highest BCUT2D eigenvalue weighted by molar-refractivity contribution is 6.35. The van der Waals surface area contributed by atoms with Crippen molar-refractivity contribution in [1.29, 1.82) is 5.26 Å². The van der Waals surface area contributed by atoms with E-state index < -0.39 is 40.8 Å². The molecule has 208 valence electrons. The lowest BCUT2D eigenvalue weighted by Crippen LogP contribution is -2.58. The van der Waals surface area contributed by atoms with Crippen LogP contribution in [0.1, 0.15) is 64.0 Å². The summed E-state index contributed by atoms with van der Waals surface area (Å²) in [5.74, 6) is -2.41. The smallest absolute Gasteiger partial charge is 0.310 e. The molecule has 3 N–H and O–H groups in total. The van der Waals surface area contributed by atoms with E-state index in [1.54, 1.807) is 6.07 Å². The van der Waals surface area contributed by atoms with Crippen LogP contribution in [0.4, 0.5) is 5.69 Å². The number of rotatable bonds is 5. The molecule has 2 aliphatic heterocycles. The van der Waals surface area contributed by atoms with Gasteiger partial charge >= 0.3 is 11.8 Å². The Bertz CT molecular complexity index is 1390. The Balaban J connectivity index is 1.36. The van der Waals surface area contributed by atoms with Crippen molar-refractivity contribution in [2.24, 2.45) is 5.41 Å². The van der Waals surface area contributed by atoms with Crippen LogP contribution in [0.3, 0.4) is 0 Å². The minimum atomic E-state index is -1.04. The molecule has 0 unspecified atom stereocenters. The Hall–Kier alpha value is -4.19. The van der Waals surface area contributed by atoms with E-state index >= 15 is 0 Å². The number of nitrogens with one attached hydrogen (secondary N) is 3. The van der Waals surface area contributed by atoms with Crippen LogP contribution in [0.25, 0.3) is 0 Å². The number of benzene rings is 2. The molecular formula is C31H35N5O4. The Morgan fingerprint density at radius 2 is 1.75 bits per heavy atom. The molecule has 4 amide bonds. The van der Waals surface area contributed by atoms with Crippen LogP contribution >= 0.6 is 0 Å². The normalized spacial score (nSPS) is 23.4. The molecule has 5 rings (SSSR count). The molecule has 3 aliphatic rings. The van der Waals surface area contributed by atoms with Gasteiger partial charge in [0.05, 0.1) is 17.0 Å². The first kappa shape index (κ1) is 27.4. The summed E-state index contributed by atoms with van der Waals surface area (Å²) < 4.78 is 0. The zero-order valence-corrected chi connectivity index (χ0v) is 23.1. The number of likely N-dealkylation sites (tertiary alicyclic amines) is 1. The van der Waals surface area contributed by atoms with Crippen molar-refractivity contribution in [2.75, 3.05) is 11.9 Å². The summed E-state index contributed by atoms with van der Waals surface area (Å²) in [7, 11) is 0. The van der Waals surface area contributed by atoms with Gasteiger partial charge in [0, 0.05) is 18.7 Å². The average molecular weight is 542 g/mol. The van der Waals surface area contributed by atoms with E-state index in [2.05, 4.69) is 22.0 Å². The van der Waals surface area contributed by atoms with Crippen molar-refractivity contribution in [2.45, 2.75) is 75.9 Å². The Morgan fingerprint density at radius 3 is 2.38 bits per heavy atom. The van der Waals surface area contributed by atoms with Gasteiger partial charge in [-0.3, -0.25) is 19.2 Å². The molecular weight excluding hydrogens is 506 g/mol. The van der Waals surface area contributed by atoms with E-state index in [1.165, 1.54) is 4.90 Å². The Morgan fingerprint density at radius 1 is 1.07 bits per heavy atom. The van der Waals surface area contributed by atoms with Crippen LogP contribution in [0, 0.1) is 16.7 Å². The van der Waals surface area contributed by atoms with E-state index in [4.69, 9.17) is 0 Å². The molecule has 40 heavy (non-hydrogen) atoms. The molecule has 2 aromatic rings. The van der Waals surface area contributed by atoms with Gasteiger partial charge in [0.1, 0.15) is 12.1 Å². The van der Waals surface area contributed by atoms with E-state index in [0.717, 1.165) is 30.4 Å². The number of anilines is 1. The number of nitrogens with zero attached hydrogens (tertiary/aromatic N) is 2. The van der Waals surface area contributed by atoms with Gasteiger partial charge in [-0.25, -0.2) is 0 Å². The first-order valence-corrected chi connectivity index (χ1v) is 13.8. The zero-order chi connectivity index (χ0) is 28.7. The average Bonchev–Trinajstić information content (AvgIpc) is 3.43. The summed E-state index contributed by atoms with van der Waals surface area (Å²) in [5, 5.41) is 18.5. The number of nitriles is 1. The number of hydrogen-bond donors (Lipinski definition) is 3. The third kappa shape index (κ3) is 4.83. The Kier molecular flexibility index (Phi) is 6.90. The van der Waals surface area contributed by atoms with Crippen LogP contribution in [0.2, 0.25) is 0 Å². The van der Waals surface area contributed by atoms with Crippen LogP contribution in [0.15, 0.2) is 54.6 Å². The quantitative estimate of drug-likeness (QED) is 0.501. The number of fused-ring (bicyclic) bond motifs is 2. The molecule has 2 fully saturated rings. The van der Waals surface area contributed by atoms with Gasteiger partial charge in [-0.15, -0.1) is 0 Å². The number of para-hydroxylation sites is 1. The third-order valence-corrected chi connectivity index (χ3v) is 8.43. The molecule has 1 aliphatic carbocycles. The maximum Gasteiger partial charge on any atom is 0.310 e.